The Balaban J connectivity index is 1.24. The Hall–Kier alpha value is -3.30. The second-order valence-electron chi connectivity index (χ2n) is 6.96. The first-order valence-electron chi connectivity index (χ1n) is 9.73. The van der Waals surface area contributed by atoms with Gasteiger partial charge in [-0.25, -0.2) is 0 Å². The Labute approximate surface area is 192 Å². The number of amides is 2. The van der Waals surface area contributed by atoms with E-state index < -0.39 is 23.9 Å². The fourth-order valence-corrected chi connectivity index (χ4v) is 4.50. The van der Waals surface area contributed by atoms with E-state index in [2.05, 4.69) is 10.6 Å². The van der Waals surface area contributed by atoms with Crippen LogP contribution in [0.1, 0.15) is 22.2 Å². The van der Waals surface area contributed by atoms with Crippen LogP contribution in [0.4, 0.5) is 0 Å². The summed E-state index contributed by atoms with van der Waals surface area (Å²) in [5.74, 6) is -0.406. The molecule has 1 aliphatic rings. The average Bonchev–Trinajstić information content (AvgIpc) is 3.40. The van der Waals surface area contributed by atoms with Crippen LogP contribution < -0.4 is 20.1 Å². The zero-order chi connectivity index (χ0) is 22.7. The maximum Gasteiger partial charge on any atom is 0.326 e. The zero-order valence-corrected chi connectivity index (χ0v) is 18.5. The van der Waals surface area contributed by atoms with Crippen LogP contribution in [0.3, 0.4) is 0 Å². The SMILES string of the molecule is C[C@@H](OC(=O)CNC(=O)c1sc2ccccc2c1Cl)C(=O)NCc1ccc2c(c1)OCO2. The predicted molar refractivity (Wildman–Crippen MR) is 119 cm³/mol. The molecule has 3 aromatic rings. The van der Waals surface area contributed by atoms with E-state index in [0.29, 0.717) is 21.4 Å². The number of esters is 1. The Bertz CT molecular complexity index is 1190. The summed E-state index contributed by atoms with van der Waals surface area (Å²) in [5, 5.41) is 6.29. The number of fused-ring (bicyclic) bond motifs is 2. The molecule has 0 radical (unpaired) electrons. The maximum atomic E-state index is 12.4. The molecule has 4 rings (SSSR count). The second kappa shape index (κ2) is 9.46. The molecule has 10 heteroatoms. The summed E-state index contributed by atoms with van der Waals surface area (Å²) in [6, 6.07) is 12.7. The van der Waals surface area contributed by atoms with Crippen molar-refractivity contribution in [3.05, 3.63) is 57.9 Å². The van der Waals surface area contributed by atoms with Crippen LogP contribution in [0.2, 0.25) is 5.02 Å². The lowest BCUT2D eigenvalue weighted by molar-refractivity contribution is -0.153. The molecule has 0 spiro atoms. The van der Waals surface area contributed by atoms with E-state index >= 15 is 0 Å². The van der Waals surface area contributed by atoms with Crippen LogP contribution in [0.15, 0.2) is 42.5 Å². The van der Waals surface area contributed by atoms with Crippen LogP contribution in [0.5, 0.6) is 11.5 Å². The minimum Gasteiger partial charge on any atom is -0.454 e. The Kier molecular flexibility index (Phi) is 6.48. The molecular formula is C22H19ClN2O6S. The van der Waals surface area contributed by atoms with Crippen molar-refractivity contribution in [2.75, 3.05) is 13.3 Å². The van der Waals surface area contributed by atoms with E-state index in [-0.39, 0.29) is 19.9 Å². The Morgan fingerprint density at radius 2 is 1.91 bits per heavy atom. The van der Waals surface area contributed by atoms with Gasteiger partial charge in [0.2, 0.25) is 6.79 Å². The third-order valence-electron chi connectivity index (χ3n) is 4.72. The molecule has 1 atom stereocenters. The number of carbonyl (C=O) groups is 3. The topological polar surface area (TPSA) is 103 Å². The van der Waals surface area contributed by atoms with Gasteiger partial charge in [0.1, 0.15) is 11.4 Å². The van der Waals surface area contributed by atoms with E-state index in [1.54, 1.807) is 18.2 Å². The van der Waals surface area contributed by atoms with Gasteiger partial charge < -0.3 is 24.8 Å². The van der Waals surface area contributed by atoms with Gasteiger partial charge in [-0.1, -0.05) is 35.9 Å². The molecule has 166 valence electrons. The van der Waals surface area contributed by atoms with Crippen molar-refractivity contribution in [1.82, 2.24) is 10.6 Å². The van der Waals surface area contributed by atoms with Crippen molar-refractivity contribution in [3.8, 4) is 11.5 Å². The van der Waals surface area contributed by atoms with Crippen LogP contribution in [-0.2, 0) is 20.9 Å². The van der Waals surface area contributed by atoms with E-state index in [9.17, 15) is 14.4 Å². The Morgan fingerprint density at radius 1 is 1.12 bits per heavy atom. The lowest BCUT2D eigenvalue weighted by Crippen LogP contribution is -2.38. The normalized spacial score (nSPS) is 12.9. The van der Waals surface area contributed by atoms with E-state index in [4.69, 9.17) is 25.8 Å². The highest BCUT2D eigenvalue weighted by atomic mass is 35.5. The molecule has 0 unspecified atom stereocenters. The minimum absolute atomic E-state index is 0.170. The number of hydrogen-bond donors (Lipinski definition) is 2. The number of carbonyl (C=O) groups excluding carboxylic acids is 3. The van der Waals surface area contributed by atoms with E-state index in [0.717, 1.165) is 15.6 Å². The van der Waals surface area contributed by atoms with Gasteiger partial charge in [0.15, 0.2) is 17.6 Å². The maximum absolute atomic E-state index is 12.4. The standard InChI is InChI=1S/C22H19ClN2O6S/c1-12(21(27)24-9-13-6-7-15-16(8-13)30-11-29-15)31-18(26)10-25-22(28)20-19(23)14-4-2-3-5-17(14)32-20/h2-8,12H,9-11H2,1H3,(H,24,27)(H,25,28)/t12-/m1/s1. The fourth-order valence-electron chi connectivity index (χ4n) is 3.07. The summed E-state index contributed by atoms with van der Waals surface area (Å²) in [6.07, 6.45) is -1.03. The molecule has 1 aliphatic heterocycles. The highest BCUT2D eigenvalue weighted by Crippen LogP contribution is 2.35. The van der Waals surface area contributed by atoms with E-state index in [1.165, 1.54) is 18.3 Å². The highest BCUT2D eigenvalue weighted by Gasteiger charge is 2.21. The monoisotopic (exact) mass is 474 g/mol. The molecule has 0 fully saturated rings. The first kappa shape index (κ1) is 21.9. The van der Waals surface area contributed by atoms with Gasteiger partial charge in [0, 0.05) is 16.6 Å². The molecule has 1 aromatic heterocycles. The quantitative estimate of drug-likeness (QED) is 0.509. The lowest BCUT2D eigenvalue weighted by Gasteiger charge is -2.14. The third kappa shape index (κ3) is 4.79. The van der Waals surface area contributed by atoms with Crippen LogP contribution in [-0.4, -0.2) is 37.2 Å². The molecule has 2 amide bonds. The molecule has 0 aliphatic carbocycles. The van der Waals surface area contributed by atoms with Crippen LogP contribution >= 0.6 is 22.9 Å². The minimum atomic E-state index is -1.03. The first-order chi connectivity index (χ1) is 15.4. The van der Waals surface area contributed by atoms with Crippen molar-refractivity contribution < 1.29 is 28.6 Å². The van der Waals surface area contributed by atoms with Gasteiger partial charge in [0.25, 0.3) is 11.8 Å². The number of halogens is 1. The van der Waals surface area contributed by atoms with Crippen molar-refractivity contribution >= 4 is 50.8 Å². The molecule has 2 N–H and O–H groups in total. The van der Waals surface area contributed by atoms with Crippen molar-refractivity contribution in [2.45, 2.75) is 19.6 Å². The molecule has 32 heavy (non-hydrogen) atoms. The van der Waals surface area contributed by atoms with Gasteiger partial charge in [0.05, 0.1) is 5.02 Å². The molecular weight excluding hydrogens is 456 g/mol. The summed E-state index contributed by atoms with van der Waals surface area (Å²) in [4.78, 5) is 37.0. The summed E-state index contributed by atoms with van der Waals surface area (Å²) < 4.78 is 16.5. The number of thiophene rings is 1. The third-order valence-corrected chi connectivity index (χ3v) is 6.39. The lowest BCUT2D eigenvalue weighted by atomic mass is 10.2. The number of benzene rings is 2. The van der Waals surface area contributed by atoms with Crippen molar-refractivity contribution in [1.29, 1.82) is 0 Å². The van der Waals surface area contributed by atoms with Gasteiger partial charge >= 0.3 is 5.97 Å². The van der Waals surface area contributed by atoms with Gasteiger partial charge in [-0.15, -0.1) is 11.3 Å². The molecule has 0 saturated carbocycles. The number of nitrogens with one attached hydrogen (secondary N) is 2. The molecule has 0 bridgehead atoms. The molecule has 2 aromatic carbocycles. The van der Waals surface area contributed by atoms with Crippen LogP contribution in [0, 0.1) is 0 Å². The number of ether oxygens (including phenoxy) is 3. The average molecular weight is 475 g/mol. The summed E-state index contributed by atoms with van der Waals surface area (Å²) in [7, 11) is 0. The summed E-state index contributed by atoms with van der Waals surface area (Å²) in [6.45, 7) is 1.48. The number of rotatable bonds is 7. The smallest absolute Gasteiger partial charge is 0.326 e. The van der Waals surface area contributed by atoms with Gasteiger partial charge in [-0.05, 0) is 30.7 Å². The van der Waals surface area contributed by atoms with Gasteiger partial charge in [-0.2, -0.15) is 0 Å². The summed E-state index contributed by atoms with van der Waals surface area (Å²) in [5.41, 5.74) is 0.814. The Morgan fingerprint density at radius 3 is 2.72 bits per heavy atom. The first-order valence-corrected chi connectivity index (χ1v) is 10.9. The van der Waals surface area contributed by atoms with Gasteiger partial charge in [-0.3, -0.25) is 14.4 Å². The summed E-state index contributed by atoms with van der Waals surface area (Å²) >= 11 is 7.51. The van der Waals surface area contributed by atoms with Crippen LogP contribution in [0.25, 0.3) is 10.1 Å². The molecule has 2 heterocycles. The zero-order valence-electron chi connectivity index (χ0n) is 17.0. The highest BCUT2D eigenvalue weighted by molar-refractivity contribution is 7.21. The molecule has 8 nitrogen and oxygen atoms in total. The number of hydrogen-bond acceptors (Lipinski definition) is 7. The van der Waals surface area contributed by atoms with Crippen molar-refractivity contribution in [3.63, 3.8) is 0 Å². The van der Waals surface area contributed by atoms with E-state index in [1.807, 2.05) is 24.3 Å². The second-order valence-corrected chi connectivity index (χ2v) is 8.39. The molecule has 0 saturated heterocycles. The predicted octanol–water partition coefficient (Wildman–Crippen LogP) is 3.26. The van der Waals surface area contributed by atoms with Crippen molar-refractivity contribution in [2.24, 2.45) is 0 Å². The largest absolute Gasteiger partial charge is 0.454 e. The fraction of sp³-hybridized carbons (Fsp3) is 0.227.